The summed E-state index contributed by atoms with van der Waals surface area (Å²) in [7, 11) is 0. The van der Waals surface area contributed by atoms with Crippen LogP contribution >= 0.6 is 0 Å². The first-order valence-electron chi connectivity index (χ1n) is 20.7. The van der Waals surface area contributed by atoms with Crippen LogP contribution in [0, 0.1) is 50.2 Å². The second-order valence-corrected chi connectivity index (χ2v) is 20.6. The van der Waals surface area contributed by atoms with E-state index in [1.54, 1.807) is 0 Å². The molecule has 2 unspecified atom stereocenters. The van der Waals surface area contributed by atoms with Gasteiger partial charge < -0.3 is 59.8 Å². The van der Waals surface area contributed by atoms with Crippen LogP contribution in [-0.4, -0.2) is 132 Å². The van der Waals surface area contributed by atoms with Crippen LogP contribution in [-0.2, 0) is 38.1 Å². The Balaban J connectivity index is 1.17. The van der Waals surface area contributed by atoms with Gasteiger partial charge in [0.1, 0.15) is 36.6 Å². The van der Waals surface area contributed by atoms with E-state index in [1.165, 1.54) is 0 Å². The van der Waals surface area contributed by atoms with Gasteiger partial charge in [-0.2, -0.15) is 0 Å². The van der Waals surface area contributed by atoms with Crippen LogP contribution in [0.5, 0.6) is 0 Å². The molecule has 58 heavy (non-hydrogen) atoms. The van der Waals surface area contributed by atoms with E-state index in [0.29, 0.717) is 25.7 Å². The number of ether oxygens (including phenoxy) is 4. The SMILES string of the molecule is CC1(C)[C@@H](OC2O[C@H](C(=O)O)[C@@H](O)[C@H](O)[C@H]2OC2O[C@H](C(=O)O)[C@@H](O)[C@H](O)[C@H]2O)CC[C@]2(C)[C@H]3C(=O)C=C4[C@@H]5C[C@@](C)(C(=O)O)CC[C@]5(C)CC[C@@]4(C)[C@]3(C)CC[C@@H]12. The number of aliphatic hydroxyl groups excluding tert-OH is 5. The Bertz CT molecular complexity index is 1730. The third-order valence-electron chi connectivity index (χ3n) is 17.2. The van der Waals surface area contributed by atoms with Crippen molar-refractivity contribution < 1.29 is 79.0 Å². The topological polar surface area (TPSA) is 267 Å². The molecule has 7 aliphatic rings. The fourth-order valence-corrected chi connectivity index (χ4v) is 13.4. The number of carbonyl (C=O) groups excluding carboxylic acids is 1. The van der Waals surface area contributed by atoms with Gasteiger partial charge in [-0.25, -0.2) is 9.59 Å². The number of carboxylic acid groups (broad SMARTS) is 3. The van der Waals surface area contributed by atoms with Gasteiger partial charge in [-0.15, -0.1) is 0 Å². The Morgan fingerprint density at radius 1 is 0.690 bits per heavy atom. The summed E-state index contributed by atoms with van der Waals surface area (Å²) in [5, 5.41) is 83.0. The number of hydrogen-bond donors (Lipinski definition) is 8. The van der Waals surface area contributed by atoms with Crippen molar-refractivity contribution in [3.63, 3.8) is 0 Å². The molecule has 326 valence electrons. The number of hydrogen-bond acceptors (Lipinski definition) is 13. The fourth-order valence-electron chi connectivity index (χ4n) is 13.4. The highest BCUT2D eigenvalue weighted by Gasteiger charge is 2.71. The minimum atomic E-state index is -2.05. The molecule has 5 aliphatic carbocycles. The summed E-state index contributed by atoms with van der Waals surface area (Å²) in [6, 6.07) is 0. The summed E-state index contributed by atoms with van der Waals surface area (Å²) < 4.78 is 23.4. The van der Waals surface area contributed by atoms with Crippen LogP contribution in [0.1, 0.15) is 106 Å². The standard InChI is InChI=1S/C42H62O16/c1-37(2)21-8-11-42(7)31(20(43)16-18-19-17-39(4,36(53)54)13-12-38(19,3)14-15-41(18,42)6)40(21,5)10-9-22(37)55-35-30(26(47)25(46)29(57-35)33(51)52)58-34-27(48)23(44)24(45)28(56-34)32(49)50/h16,19,21-31,34-35,44-48H,8-15,17H2,1-7H3,(H,49,50)(H,51,52)(H,53,54)/t19-,21-,22-,23-,24-,25-,26-,27+,28-,29-,30+,31+,34?,35?,38+,39-,40-,41+,42+/m0/s1. The van der Waals surface area contributed by atoms with Crippen molar-refractivity contribution in [1.82, 2.24) is 0 Å². The monoisotopic (exact) mass is 822 g/mol. The number of ketones is 1. The van der Waals surface area contributed by atoms with Gasteiger partial charge in [0.15, 0.2) is 30.6 Å². The van der Waals surface area contributed by atoms with Crippen LogP contribution in [0.15, 0.2) is 11.6 Å². The Morgan fingerprint density at radius 2 is 1.28 bits per heavy atom. The molecule has 0 aromatic heterocycles. The largest absolute Gasteiger partial charge is 0.481 e. The molecule has 6 fully saturated rings. The number of carbonyl (C=O) groups is 4. The fraction of sp³-hybridized carbons (Fsp3) is 0.857. The number of rotatable bonds is 7. The molecule has 8 N–H and O–H groups in total. The van der Waals surface area contributed by atoms with Crippen LogP contribution in [0.25, 0.3) is 0 Å². The minimum Gasteiger partial charge on any atom is -0.481 e. The van der Waals surface area contributed by atoms with Gasteiger partial charge >= 0.3 is 17.9 Å². The van der Waals surface area contributed by atoms with Crippen molar-refractivity contribution in [2.75, 3.05) is 0 Å². The van der Waals surface area contributed by atoms with Crippen LogP contribution in [0.2, 0.25) is 0 Å². The predicted octanol–water partition coefficient (Wildman–Crippen LogP) is 2.25. The first-order valence-corrected chi connectivity index (χ1v) is 20.7. The van der Waals surface area contributed by atoms with Gasteiger partial charge in [-0.05, 0) is 110 Å². The number of carboxylic acids is 3. The maximum Gasteiger partial charge on any atom is 0.335 e. The highest BCUT2D eigenvalue weighted by atomic mass is 16.8. The van der Waals surface area contributed by atoms with E-state index in [4.69, 9.17) is 18.9 Å². The van der Waals surface area contributed by atoms with E-state index in [-0.39, 0.29) is 34.4 Å². The summed E-state index contributed by atoms with van der Waals surface area (Å²) in [5.41, 5.74) is -1.81. The number of aliphatic hydroxyl groups is 5. The quantitative estimate of drug-likeness (QED) is 0.171. The molecule has 0 aromatic carbocycles. The molecule has 2 aliphatic heterocycles. The highest BCUT2D eigenvalue weighted by molar-refractivity contribution is 5.95. The molecule has 16 heteroatoms. The first kappa shape index (κ1) is 43.5. The third-order valence-corrected chi connectivity index (χ3v) is 17.2. The normalized spacial score (nSPS) is 52.6. The van der Waals surface area contributed by atoms with Crippen LogP contribution in [0.3, 0.4) is 0 Å². The molecule has 0 amide bonds. The average Bonchev–Trinajstić information content (AvgIpc) is 3.13. The second kappa shape index (κ2) is 14.3. The van der Waals surface area contributed by atoms with Crippen LogP contribution < -0.4 is 0 Å². The summed E-state index contributed by atoms with van der Waals surface area (Å²) in [4.78, 5) is 51.3. The van der Waals surface area contributed by atoms with Gasteiger partial charge in [0.25, 0.3) is 0 Å². The maximum absolute atomic E-state index is 14.8. The zero-order valence-electron chi connectivity index (χ0n) is 34.4. The molecule has 19 atom stereocenters. The first-order chi connectivity index (χ1) is 26.8. The van der Waals surface area contributed by atoms with Crippen molar-refractivity contribution in [1.29, 1.82) is 0 Å². The molecule has 2 saturated heterocycles. The lowest BCUT2D eigenvalue weighted by atomic mass is 9.33. The molecule has 2 heterocycles. The van der Waals surface area contributed by atoms with Crippen molar-refractivity contribution in [2.24, 2.45) is 50.2 Å². The van der Waals surface area contributed by atoms with E-state index in [1.807, 2.05) is 26.8 Å². The Kier molecular flexibility index (Phi) is 10.7. The average molecular weight is 823 g/mol. The van der Waals surface area contributed by atoms with Gasteiger partial charge in [0.2, 0.25) is 0 Å². The number of aliphatic carboxylic acids is 3. The third kappa shape index (κ3) is 6.25. The molecule has 0 bridgehead atoms. The second-order valence-electron chi connectivity index (χ2n) is 20.6. The Hall–Kier alpha value is -2.54. The lowest BCUT2D eigenvalue weighted by Gasteiger charge is -2.70. The lowest BCUT2D eigenvalue weighted by Crippen LogP contribution is -2.68. The number of allylic oxidation sites excluding steroid dienone is 2. The van der Waals surface area contributed by atoms with Crippen molar-refractivity contribution in [3.05, 3.63) is 11.6 Å². The predicted molar refractivity (Wildman–Crippen MR) is 199 cm³/mol. The molecule has 4 saturated carbocycles. The Morgan fingerprint density at radius 3 is 1.88 bits per heavy atom. The molecular formula is C42H62O16. The molecule has 16 nitrogen and oxygen atoms in total. The molecule has 0 radical (unpaired) electrons. The molecule has 7 rings (SSSR count). The van der Waals surface area contributed by atoms with Crippen molar-refractivity contribution in [2.45, 2.75) is 174 Å². The van der Waals surface area contributed by atoms with E-state index in [9.17, 15) is 60.0 Å². The lowest BCUT2D eigenvalue weighted by molar-refractivity contribution is -0.371. The van der Waals surface area contributed by atoms with E-state index < -0.39 is 107 Å². The van der Waals surface area contributed by atoms with Gasteiger partial charge in [-0.1, -0.05) is 47.1 Å². The minimum absolute atomic E-state index is 0.0217. The van der Waals surface area contributed by atoms with Gasteiger partial charge in [0, 0.05) is 5.92 Å². The van der Waals surface area contributed by atoms with Crippen molar-refractivity contribution in [3.8, 4) is 0 Å². The summed E-state index contributed by atoms with van der Waals surface area (Å²) in [6.45, 7) is 14.8. The van der Waals surface area contributed by atoms with Crippen LogP contribution in [0.4, 0.5) is 0 Å². The van der Waals surface area contributed by atoms with Crippen molar-refractivity contribution >= 4 is 23.7 Å². The summed E-state index contributed by atoms with van der Waals surface area (Å²) in [6.07, 6.45) is -12.2. The molecular weight excluding hydrogens is 760 g/mol. The zero-order valence-corrected chi connectivity index (χ0v) is 34.4. The van der Waals surface area contributed by atoms with Gasteiger partial charge in [-0.3, -0.25) is 9.59 Å². The summed E-state index contributed by atoms with van der Waals surface area (Å²) >= 11 is 0. The molecule has 0 aromatic rings. The molecule has 0 spiro atoms. The summed E-state index contributed by atoms with van der Waals surface area (Å²) in [5.74, 6) is -4.47. The zero-order chi connectivity index (χ0) is 42.9. The smallest absolute Gasteiger partial charge is 0.335 e. The van der Waals surface area contributed by atoms with Gasteiger partial charge in [0.05, 0.1) is 11.5 Å². The van der Waals surface area contributed by atoms with E-state index >= 15 is 0 Å². The maximum atomic E-state index is 14.8. The number of fused-ring (bicyclic) bond motifs is 7. The Labute approximate surface area is 337 Å². The van der Waals surface area contributed by atoms with E-state index in [0.717, 1.165) is 37.7 Å². The highest BCUT2D eigenvalue weighted by Crippen LogP contribution is 2.75. The van der Waals surface area contributed by atoms with E-state index in [2.05, 4.69) is 27.7 Å².